The summed E-state index contributed by atoms with van der Waals surface area (Å²) < 4.78 is 5.63. The van der Waals surface area contributed by atoms with Gasteiger partial charge in [-0.2, -0.15) is 5.10 Å². The van der Waals surface area contributed by atoms with E-state index in [2.05, 4.69) is 10.5 Å². The summed E-state index contributed by atoms with van der Waals surface area (Å²) in [5, 5.41) is 22.7. The van der Waals surface area contributed by atoms with Gasteiger partial charge in [0.25, 0.3) is 5.91 Å². The highest BCUT2D eigenvalue weighted by molar-refractivity contribution is 5.85. The third-order valence-electron chi connectivity index (χ3n) is 3.74. The number of hydrogen-bond acceptors (Lipinski definition) is 5. The van der Waals surface area contributed by atoms with Crippen molar-refractivity contribution in [3.8, 4) is 28.4 Å². The van der Waals surface area contributed by atoms with Gasteiger partial charge in [0, 0.05) is 17.2 Å². The summed E-state index contributed by atoms with van der Waals surface area (Å²) >= 11 is 0. The van der Waals surface area contributed by atoms with Crippen LogP contribution in [0.1, 0.15) is 5.56 Å². The average molecular weight is 362 g/mol. The van der Waals surface area contributed by atoms with E-state index in [0.717, 1.165) is 11.1 Å². The van der Waals surface area contributed by atoms with E-state index in [9.17, 15) is 15.0 Å². The Morgan fingerprint density at radius 2 is 1.74 bits per heavy atom. The Morgan fingerprint density at radius 3 is 2.52 bits per heavy atom. The predicted molar refractivity (Wildman–Crippen MR) is 103 cm³/mol. The number of amides is 1. The van der Waals surface area contributed by atoms with Crippen LogP contribution in [-0.4, -0.2) is 28.9 Å². The third-order valence-corrected chi connectivity index (χ3v) is 3.74. The standard InChI is InChI=1S/C21H18N2O4/c24-17-11-10-16(19(25)12-17)13-22-23-21(26)14-27-20-9-5-4-8-18(20)15-6-2-1-3-7-15/h1-13,24-25H,14H2,(H,23,26)/b22-13-. The highest BCUT2D eigenvalue weighted by Gasteiger charge is 2.08. The fraction of sp³-hybridized carbons (Fsp3) is 0.0476. The molecule has 0 saturated heterocycles. The van der Waals surface area contributed by atoms with Crippen molar-refractivity contribution >= 4 is 12.1 Å². The van der Waals surface area contributed by atoms with Gasteiger partial charge < -0.3 is 14.9 Å². The van der Waals surface area contributed by atoms with E-state index in [0.29, 0.717) is 11.3 Å². The Hall–Kier alpha value is -3.80. The van der Waals surface area contributed by atoms with Crippen molar-refractivity contribution in [2.24, 2.45) is 5.10 Å². The maximum absolute atomic E-state index is 11.9. The number of hydrogen-bond donors (Lipinski definition) is 3. The number of carbonyl (C=O) groups excluding carboxylic acids is 1. The van der Waals surface area contributed by atoms with Crippen LogP contribution in [0.5, 0.6) is 17.2 Å². The molecule has 6 heteroatoms. The van der Waals surface area contributed by atoms with Gasteiger partial charge in [-0.05, 0) is 23.8 Å². The first-order valence-electron chi connectivity index (χ1n) is 8.24. The minimum absolute atomic E-state index is 0.0563. The van der Waals surface area contributed by atoms with Crippen LogP contribution in [0.2, 0.25) is 0 Å². The van der Waals surface area contributed by atoms with E-state index in [-0.39, 0.29) is 18.1 Å². The van der Waals surface area contributed by atoms with Crippen molar-refractivity contribution in [2.75, 3.05) is 6.61 Å². The Kier molecular flexibility index (Phi) is 5.69. The van der Waals surface area contributed by atoms with Crippen molar-refractivity contribution in [2.45, 2.75) is 0 Å². The zero-order chi connectivity index (χ0) is 19.1. The van der Waals surface area contributed by atoms with E-state index in [1.54, 1.807) is 6.07 Å². The maximum atomic E-state index is 11.9. The Morgan fingerprint density at radius 1 is 1.00 bits per heavy atom. The minimum Gasteiger partial charge on any atom is -0.508 e. The van der Waals surface area contributed by atoms with Crippen LogP contribution in [0.4, 0.5) is 0 Å². The molecule has 0 aliphatic carbocycles. The predicted octanol–water partition coefficient (Wildman–Crippen LogP) is 3.29. The number of phenols is 2. The van der Waals surface area contributed by atoms with Gasteiger partial charge in [0.2, 0.25) is 0 Å². The summed E-state index contributed by atoms with van der Waals surface area (Å²) in [6, 6.07) is 21.3. The van der Waals surface area contributed by atoms with Crippen LogP contribution >= 0.6 is 0 Å². The van der Waals surface area contributed by atoms with Crippen LogP contribution in [0.15, 0.2) is 77.9 Å². The zero-order valence-electron chi connectivity index (χ0n) is 14.4. The molecule has 0 aromatic heterocycles. The largest absolute Gasteiger partial charge is 0.508 e. The molecule has 3 aromatic carbocycles. The summed E-state index contributed by atoms with van der Waals surface area (Å²) in [6.45, 7) is -0.206. The van der Waals surface area contributed by atoms with Gasteiger partial charge >= 0.3 is 0 Å². The van der Waals surface area contributed by atoms with Gasteiger partial charge in [-0.1, -0.05) is 48.5 Å². The molecule has 0 fully saturated rings. The molecule has 3 N–H and O–H groups in total. The lowest BCUT2D eigenvalue weighted by molar-refractivity contribution is -0.123. The van der Waals surface area contributed by atoms with Crippen molar-refractivity contribution < 1.29 is 19.7 Å². The third kappa shape index (κ3) is 4.85. The SMILES string of the molecule is O=C(COc1ccccc1-c1ccccc1)N/N=C\c1ccc(O)cc1O. The molecule has 0 atom stereocenters. The van der Waals surface area contributed by atoms with Gasteiger partial charge in [0.05, 0.1) is 6.21 Å². The van der Waals surface area contributed by atoms with Gasteiger partial charge in [-0.25, -0.2) is 5.43 Å². The second-order valence-corrected chi connectivity index (χ2v) is 5.69. The van der Waals surface area contributed by atoms with E-state index in [1.807, 2.05) is 48.5 Å². The molecule has 27 heavy (non-hydrogen) atoms. The molecule has 0 bridgehead atoms. The second-order valence-electron chi connectivity index (χ2n) is 5.69. The summed E-state index contributed by atoms with van der Waals surface area (Å²) in [5.74, 6) is -0.0356. The van der Waals surface area contributed by atoms with Crippen LogP contribution in [0.3, 0.4) is 0 Å². The lowest BCUT2D eigenvalue weighted by Gasteiger charge is -2.10. The number of carbonyl (C=O) groups is 1. The van der Waals surface area contributed by atoms with Gasteiger partial charge in [-0.3, -0.25) is 4.79 Å². The molecule has 0 heterocycles. The number of nitrogens with one attached hydrogen (secondary N) is 1. The summed E-state index contributed by atoms with van der Waals surface area (Å²) in [7, 11) is 0. The molecule has 0 aliphatic rings. The topological polar surface area (TPSA) is 91.2 Å². The first kappa shape index (κ1) is 18.0. The second kappa shape index (κ2) is 8.53. The molecule has 0 spiro atoms. The number of rotatable bonds is 6. The quantitative estimate of drug-likeness (QED) is 0.463. The monoisotopic (exact) mass is 362 g/mol. The summed E-state index contributed by atoms with van der Waals surface area (Å²) in [4.78, 5) is 11.9. The van der Waals surface area contributed by atoms with Crippen LogP contribution in [-0.2, 0) is 4.79 Å². The van der Waals surface area contributed by atoms with Gasteiger partial charge in [0.1, 0.15) is 17.2 Å². The number of phenolic OH excluding ortho intramolecular Hbond substituents is 2. The number of benzene rings is 3. The van der Waals surface area contributed by atoms with Gasteiger partial charge in [-0.15, -0.1) is 0 Å². The zero-order valence-corrected chi connectivity index (χ0v) is 14.4. The Labute approximate surface area is 156 Å². The molecule has 136 valence electrons. The molecule has 0 radical (unpaired) electrons. The van der Waals surface area contributed by atoms with E-state index >= 15 is 0 Å². The van der Waals surface area contributed by atoms with Crippen molar-refractivity contribution in [1.29, 1.82) is 0 Å². The van der Waals surface area contributed by atoms with Crippen molar-refractivity contribution in [1.82, 2.24) is 5.43 Å². The molecule has 3 rings (SSSR count). The van der Waals surface area contributed by atoms with Crippen molar-refractivity contribution in [3.05, 3.63) is 78.4 Å². The fourth-order valence-electron chi connectivity index (χ4n) is 2.44. The highest BCUT2D eigenvalue weighted by atomic mass is 16.5. The Bertz CT molecular complexity index is 955. The number of nitrogens with zero attached hydrogens (tertiary/aromatic N) is 1. The van der Waals surface area contributed by atoms with Crippen LogP contribution in [0, 0.1) is 0 Å². The smallest absolute Gasteiger partial charge is 0.277 e. The van der Waals surface area contributed by atoms with Gasteiger partial charge in [0.15, 0.2) is 6.61 Å². The number of para-hydroxylation sites is 1. The molecule has 0 saturated carbocycles. The number of ether oxygens (including phenoxy) is 1. The lowest BCUT2D eigenvalue weighted by atomic mass is 10.1. The number of aromatic hydroxyl groups is 2. The first-order chi connectivity index (χ1) is 13.1. The number of hydrazone groups is 1. The van der Waals surface area contributed by atoms with E-state index < -0.39 is 5.91 Å². The molecule has 6 nitrogen and oxygen atoms in total. The highest BCUT2D eigenvalue weighted by Crippen LogP contribution is 2.29. The molecule has 0 unspecified atom stereocenters. The molecule has 0 aliphatic heterocycles. The Balaban J connectivity index is 1.59. The van der Waals surface area contributed by atoms with E-state index in [1.165, 1.54) is 24.4 Å². The summed E-state index contributed by atoms with van der Waals surface area (Å²) in [5.41, 5.74) is 4.59. The van der Waals surface area contributed by atoms with E-state index in [4.69, 9.17) is 4.74 Å². The summed E-state index contributed by atoms with van der Waals surface area (Å²) in [6.07, 6.45) is 1.28. The first-order valence-corrected chi connectivity index (χ1v) is 8.24. The molecular weight excluding hydrogens is 344 g/mol. The lowest BCUT2D eigenvalue weighted by Crippen LogP contribution is -2.24. The fourth-order valence-corrected chi connectivity index (χ4v) is 2.44. The average Bonchev–Trinajstić information content (AvgIpc) is 2.69. The maximum Gasteiger partial charge on any atom is 0.277 e. The normalized spacial score (nSPS) is 10.7. The van der Waals surface area contributed by atoms with Crippen molar-refractivity contribution in [3.63, 3.8) is 0 Å². The minimum atomic E-state index is -0.438. The van der Waals surface area contributed by atoms with Crippen LogP contribution in [0.25, 0.3) is 11.1 Å². The van der Waals surface area contributed by atoms with Crippen LogP contribution < -0.4 is 10.2 Å². The molecule has 1 amide bonds. The molecule has 3 aromatic rings. The molecular formula is C21H18N2O4.